The topological polar surface area (TPSA) is 165 Å². The van der Waals surface area contributed by atoms with Gasteiger partial charge in [0.1, 0.15) is 6.04 Å². The number of aliphatic carboxylic acids is 1. The molecule has 0 radical (unpaired) electrons. The molecule has 0 spiro atoms. The average molecular weight is 232 g/mol. The maximum atomic E-state index is 11.0. The first-order valence-corrected chi connectivity index (χ1v) is 4.16. The fourth-order valence-electron chi connectivity index (χ4n) is 0.778. The van der Waals surface area contributed by atoms with Crippen molar-refractivity contribution in [2.75, 3.05) is 6.54 Å². The number of amides is 4. The number of nitrogens with two attached hydrogens (primary N) is 2. The van der Waals surface area contributed by atoms with Gasteiger partial charge in [0.15, 0.2) is 0 Å². The van der Waals surface area contributed by atoms with Gasteiger partial charge in [-0.05, 0) is 0 Å². The molecule has 0 bridgehead atoms. The summed E-state index contributed by atoms with van der Waals surface area (Å²) < 4.78 is 0. The molecular weight excluding hydrogens is 220 g/mol. The number of hydrogen-bond acceptors (Lipinski definition) is 4. The van der Waals surface area contributed by atoms with Crippen molar-refractivity contribution in [2.24, 2.45) is 11.5 Å². The van der Waals surface area contributed by atoms with Crippen molar-refractivity contribution in [1.29, 1.82) is 0 Å². The van der Waals surface area contributed by atoms with Gasteiger partial charge in [0.25, 0.3) is 0 Å². The van der Waals surface area contributed by atoms with Crippen LogP contribution in [0.3, 0.4) is 0 Å². The van der Waals surface area contributed by atoms with Crippen molar-refractivity contribution in [3.63, 3.8) is 0 Å². The highest BCUT2D eigenvalue weighted by atomic mass is 16.4. The number of primary amides is 2. The van der Waals surface area contributed by atoms with E-state index in [4.69, 9.17) is 16.6 Å². The lowest BCUT2D eigenvalue weighted by atomic mass is 10.2. The monoisotopic (exact) mass is 232 g/mol. The number of rotatable bonds is 6. The lowest BCUT2D eigenvalue weighted by Crippen LogP contribution is -2.49. The smallest absolute Gasteiger partial charge is 0.326 e. The second kappa shape index (κ2) is 6.22. The molecule has 7 N–H and O–H groups in total. The highest BCUT2D eigenvalue weighted by molar-refractivity contribution is 5.89. The van der Waals surface area contributed by atoms with Crippen LogP contribution in [0.2, 0.25) is 0 Å². The third kappa shape index (κ3) is 6.18. The van der Waals surface area contributed by atoms with Crippen LogP contribution in [0.4, 0.5) is 4.79 Å². The minimum absolute atomic E-state index is 0.436. The normalized spacial score (nSPS) is 11.2. The van der Waals surface area contributed by atoms with Crippen LogP contribution in [-0.2, 0) is 14.4 Å². The maximum Gasteiger partial charge on any atom is 0.326 e. The minimum Gasteiger partial charge on any atom is -0.480 e. The van der Waals surface area contributed by atoms with E-state index in [1.54, 1.807) is 0 Å². The molecule has 9 heteroatoms. The summed E-state index contributed by atoms with van der Waals surface area (Å²) in [5.74, 6) is -3.06. The molecule has 0 unspecified atom stereocenters. The highest BCUT2D eigenvalue weighted by Crippen LogP contribution is 1.91. The van der Waals surface area contributed by atoms with Gasteiger partial charge in [-0.15, -0.1) is 0 Å². The van der Waals surface area contributed by atoms with Crippen molar-refractivity contribution in [1.82, 2.24) is 10.6 Å². The molecule has 0 rings (SSSR count). The number of hydrogen-bond donors (Lipinski definition) is 5. The molecule has 0 aliphatic carbocycles. The molecule has 0 heterocycles. The van der Waals surface area contributed by atoms with Crippen LogP contribution >= 0.6 is 0 Å². The Labute approximate surface area is 90.1 Å². The first kappa shape index (κ1) is 13.7. The van der Waals surface area contributed by atoms with Gasteiger partial charge in [-0.3, -0.25) is 9.59 Å². The van der Waals surface area contributed by atoms with E-state index >= 15 is 0 Å². The summed E-state index contributed by atoms with van der Waals surface area (Å²) in [6, 6.07) is -2.36. The van der Waals surface area contributed by atoms with E-state index in [9.17, 15) is 19.2 Å². The SMILES string of the molecule is NC(=O)CNC(=O)N[C@H](CC(N)=O)C(=O)O. The summed E-state index contributed by atoms with van der Waals surface area (Å²) in [7, 11) is 0. The summed E-state index contributed by atoms with van der Waals surface area (Å²) in [6.45, 7) is -0.436. The fourth-order valence-corrected chi connectivity index (χ4v) is 0.778. The molecule has 1 atom stereocenters. The van der Waals surface area contributed by atoms with Crippen molar-refractivity contribution in [3.8, 4) is 0 Å². The number of carbonyl (C=O) groups excluding carboxylic acids is 3. The van der Waals surface area contributed by atoms with Crippen molar-refractivity contribution in [2.45, 2.75) is 12.5 Å². The van der Waals surface area contributed by atoms with Crippen LogP contribution < -0.4 is 22.1 Å². The van der Waals surface area contributed by atoms with E-state index in [2.05, 4.69) is 0 Å². The second-order valence-electron chi connectivity index (χ2n) is 2.85. The number of carboxylic acid groups (broad SMARTS) is 1. The third-order valence-corrected chi connectivity index (χ3v) is 1.43. The van der Waals surface area contributed by atoms with E-state index in [1.165, 1.54) is 0 Å². The van der Waals surface area contributed by atoms with Crippen molar-refractivity contribution < 1.29 is 24.3 Å². The summed E-state index contributed by atoms with van der Waals surface area (Å²) >= 11 is 0. The molecule has 0 saturated carbocycles. The predicted octanol–water partition coefficient (Wildman–Crippen LogP) is -2.90. The van der Waals surface area contributed by atoms with Crippen LogP contribution in [0, 0.1) is 0 Å². The molecule has 4 amide bonds. The molecule has 90 valence electrons. The van der Waals surface area contributed by atoms with Crippen molar-refractivity contribution in [3.05, 3.63) is 0 Å². The lowest BCUT2D eigenvalue weighted by Gasteiger charge is -2.12. The number of nitrogens with one attached hydrogen (secondary N) is 2. The van der Waals surface area contributed by atoms with Crippen LogP contribution in [0.1, 0.15) is 6.42 Å². The Kier molecular flexibility index (Phi) is 5.32. The van der Waals surface area contributed by atoms with Gasteiger partial charge in [0, 0.05) is 0 Å². The van der Waals surface area contributed by atoms with E-state index in [0.29, 0.717) is 0 Å². The van der Waals surface area contributed by atoms with E-state index in [1.807, 2.05) is 10.6 Å². The Balaban J connectivity index is 4.18. The number of carbonyl (C=O) groups is 4. The van der Waals surface area contributed by atoms with Gasteiger partial charge in [-0.1, -0.05) is 0 Å². The molecule has 0 aliphatic rings. The van der Waals surface area contributed by atoms with Crippen LogP contribution in [0.15, 0.2) is 0 Å². The summed E-state index contributed by atoms with van der Waals surface area (Å²) in [5.41, 5.74) is 9.52. The lowest BCUT2D eigenvalue weighted by molar-refractivity contribution is -0.140. The molecule has 0 aliphatic heterocycles. The first-order chi connectivity index (χ1) is 7.32. The summed E-state index contributed by atoms with van der Waals surface area (Å²) in [5, 5.41) is 12.6. The molecule has 0 aromatic rings. The number of carboxylic acids is 1. The first-order valence-electron chi connectivity index (χ1n) is 4.16. The van der Waals surface area contributed by atoms with Crippen LogP contribution in [0.25, 0.3) is 0 Å². The van der Waals surface area contributed by atoms with E-state index in [0.717, 1.165) is 0 Å². The van der Waals surface area contributed by atoms with Gasteiger partial charge in [0.2, 0.25) is 11.8 Å². The summed E-state index contributed by atoms with van der Waals surface area (Å²) in [6.07, 6.45) is -0.542. The maximum absolute atomic E-state index is 11.0. The predicted molar refractivity (Wildman–Crippen MR) is 51.0 cm³/mol. The van der Waals surface area contributed by atoms with Gasteiger partial charge < -0.3 is 27.2 Å². The number of urea groups is 1. The van der Waals surface area contributed by atoms with E-state index < -0.39 is 42.8 Å². The van der Waals surface area contributed by atoms with Gasteiger partial charge >= 0.3 is 12.0 Å². The Morgan fingerprint density at radius 3 is 2.06 bits per heavy atom. The van der Waals surface area contributed by atoms with Gasteiger partial charge in [-0.25, -0.2) is 9.59 Å². The summed E-state index contributed by atoms with van der Waals surface area (Å²) in [4.78, 5) is 42.3. The standard InChI is InChI=1S/C7H12N4O5/c8-4(12)1-3(6(14)15)11-7(16)10-2-5(9)13/h3H,1-2H2,(H2,8,12)(H2,9,13)(H,14,15)(H2,10,11,16)/t3-/m1/s1. The van der Waals surface area contributed by atoms with Crippen LogP contribution in [-0.4, -0.2) is 41.5 Å². The Morgan fingerprint density at radius 2 is 1.69 bits per heavy atom. The Hall–Kier alpha value is -2.32. The molecule has 0 aromatic carbocycles. The quantitative estimate of drug-likeness (QED) is 0.331. The fraction of sp³-hybridized carbons (Fsp3) is 0.429. The highest BCUT2D eigenvalue weighted by Gasteiger charge is 2.21. The molecule has 9 nitrogen and oxygen atoms in total. The molecular formula is C7H12N4O5. The average Bonchev–Trinajstić information content (AvgIpc) is 2.12. The van der Waals surface area contributed by atoms with E-state index in [-0.39, 0.29) is 0 Å². The molecule has 0 aromatic heterocycles. The van der Waals surface area contributed by atoms with Crippen LogP contribution in [0.5, 0.6) is 0 Å². The van der Waals surface area contributed by atoms with Crippen molar-refractivity contribution >= 4 is 23.8 Å². The Morgan fingerprint density at radius 1 is 1.12 bits per heavy atom. The Bertz CT molecular complexity index is 316. The zero-order valence-corrected chi connectivity index (χ0v) is 8.23. The molecule has 0 fully saturated rings. The zero-order chi connectivity index (χ0) is 12.7. The second-order valence-corrected chi connectivity index (χ2v) is 2.85. The van der Waals surface area contributed by atoms with Gasteiger partial charge in [0.05, 0.1) is 13.0 Å². The zero-order valence-electron chi connectivity index (χ0n) is 8.23. The van der Waals surface area contributed by atoms with Gasteiger partial charge in [-0.2, -0.15) is 0 Å². The largest absolute Gasteiger partial charge is 0.480 e. The minimum atomic E-state index is -1.44. The molecule has 16 heavy (non-hydrogen) atoms. The molecule has 0 saturated heterocycles. The third-order valence-electron chi connectivity index (χ3n) is 1.43.